The van der Waals surface area contributed by atoms with Crippen molar-refractivity contribution < 1.29 is 0 Å². The van der Waals surface area contributed by atoms with Gasteiger partial charge in [0.25, 0.3) is 0 Å². The third-order valence-electron chi connectivity index (χ3n) is 2.14. The van der Waals surface area contributed by atoms with Gasteiger partial charge in [0.05, 0.1) is 11.7 Å². The van der Waals surface area contributed by atoms with Gasteiger partial charge in [0.2, 0.25) is 0 Å². The lowest BCUT2D eigenvalue weighted by Gasteiger charge is -2.14. The first-order chi connectivity index (χ1) is 6.06. The molecule has 1 unspecified atom stereocenters. The highest BCUT2D eigenvalue weighted by molar-refractivity contribution is 5.27. The van der Waals surface area contributed by atoms with Gasteiger partial charge in [0.15, 0.2) is 0 Å². The Balaban J connectivity index is 3.04. The number of rotatable bonds is 3. The van der Waals surface area contributed by atoms with Gasteiger partial charge in [-0.25, -0.2) is 0 Å². The Kier molecular flexibility index (Phi) is 2.88. The van der Waals surface area contributed by atoms with Crippen molar-refractivity contribution >= 4 is 0 Å². The van der Waals surface area contributed by atoms with E-state index >= 15 is 0 Å². The van der Waals surface area contributed by atoms with Crippen LogP contribution < -0.4 is 5.32 Å². The van der Waals surface area contributed by atoms with E-state index in [2.05, 4.69) is 17.0 Å². The molecule has 0 aliphatic carbocycles. The van der Waals surface area contributed by atoms with E-state index in [4.69, 9.17) is 0 Å². The van der Waals surface area contributed by atoms with Gasteiger partial charge in [0.1, 0.15) is 0 Å². The summed E-state index contributed by atoms with van der Waals surface area (Å²) in [5.41, 5.74) is 3.38. The van der Waals surface area contributed by atoms with Crippen LogP contribution in [0.1, 0.15) is 24.2 Å². The summed E-state index contributed by atoms with van der Waals surface area (Å²) in [6, 6.07) is 0.216. The summed E-state index contributed by atoms with van der Waals surface area (Å²) in [6.07, 6.45) is 2.03. The molecule has 72 valence electrons. The Bertz CT molecular complexity index is 312. The van der Waals surface area contributed by atoms with Crippen molar-refractivity contribution in [2.75, 3.05) is 7.05 Å². The molecule has 3 nitrogen and oxygen atoms in total. The molecule has 1 aromatic rings. The Morgan fingerprint density at radius 1 is 1.69 bits per heavy atom. The van der Waals surface area contributed by atoms with Crippen molar-refractivity contribution in [2.45, 2.75) is 19.9 Å². The van der Waals surface area contributed by atoms with Gasteiger partial charge < -0.3 is 5.32 Å². The first-order valence-electron chi connectivity index (χ1n) is 4.39. The molecule has 0 fully saturated rings. The highest BCUT2D eigenvalue weighted by Crippen LogP contribution is 2.21. The minimum absolute atomic E-state index is 0.216. The van der Waals surface area contributed by atoms with Crippen molar-refractivity contribution in [3.8, 4) is 0 Å². The highest BCUT2D eigenvalue weighted by atomic mass is 15.3. The van der Waals surface area contributed by atoms with Crippen LogP contribution in [0, 0.1) is 6.92 Å². The molecule has 1 N–H and O–H groups in total. The van der Waals surface area contributed by atoms with E-state index < -0.39 is 0 Å². The van der Waals surface area contributed by atoms with Crippen molar-refractivity contribution in [3.63, 3.8) is 0 Å². The molecule has 0 saturated heterocycles. The van der Waals surface area contributed by atoms with Gasteiger partial charge >= 0.3 is 0 Å². The molecule has 13 heavy (non-hydrogen) atoms. The van der Waals surface area contributed by atoms with Crippen LogP contribution in [-0.2, 0) is 7.05 Å². The van der Waals surface area contributed by atoms with E-state index in [1.165, 1.54) is 5.56 Å². The number of likely N-dealkylation sites (N-methyl/N-ethyl adjacent to an activating group) is 1. The number of aryl methyl sites for hydroxylation is 2. The summed E-state index contributed by atoms with van der Waals surface area (Å²) in [5.74, 6) is 0. The molecule has 0 saturated carbocycles. The summed E-state index contributed by atoms with van der Waals surface area (Å²) in [4.78, 5) is 0. The zero-order chi connectivity index (χ0) is 10.0. The van der Waals surface area contributed by atoms with Crippen molar-refractivity contribution in [3.05, 3.63) is 29.6 Å². The average Bonchev–Trinajstić information content (AvgIpc) is 2.31. The number of hydrogen-bond donors (Lipinski definition) is 1. The van der Waals surface area contributed by atoms with Crippen molar-refractivity contribution in [1.29, 1.82) is 0 Å². The van der Waals surface area contributed by atoms with Gasteiger partial charge in [-0.3, -0.25) is 4.68 Å². The quantitative estimate of drug-likeness (QED) is 0.714. The molecule has 0 radical (unpaired) electrons. The fraction of sp³-hybridized carbons (Fsp3) is 0.500. The number of nitrogens with one attached hydrogen (secondary N) is 1. The lowest BCUT2D eigenvalue weighted by Crippen LogP contribution is -2.17. The van der Waals surface area contributed by atoms with Gasteiger partial charge in [0, 0.05) is 18.8 Å². The van der Waals surface area contributed by atoms with Crippen LogP contribution in [0.5, 0.6) is 0 Å². The summed E-state index contributed by atoms with van der Waals surface area (Å²) >= 11 is 0. The average molecular weight is 179 g/mol. The molecule has 1 atom stereocenters. The maximum atomic E-state index is 4.30. The molecule has 0 aliphatic heterocycles. The lowest BCUT2D eigenvalue weighted by atomic mass is 10.0. The van der Waals surface area contributed by atoms with E-state index in [1.807, 2.05) is 38.8 Å². The molecule has 1 heterocycles. The zero-order valence-electron chi connectivity index (χ0n) is 8.76. The molecular formula is C10H17N3. The fourth-order valence-electron chi connectivity index (χ4n) is 1.57. The van der Waals surface area contributed by atoms with Crippen LogP contribution in [0.2, 0.25) is 0 Å². The minimum atomic E-state index is 0.216. The number of aromatic nitrogens is 2. The molecule has 0 amide bonds. The Hall–Kier alpha value is -1.09. The van der Waals surface area contributed by atoms with Gasteiger partial charge in [-0.1, -0.05) is 12.2 Å². The zero-order valence-corrected chi connectivity index (χ0v) is 8.76. The summed E-state index contributed by atoms with van der Waals surface area (Å²) in [6.45, 7) is 7.99. The molecule has 0 aliphatic rings. The largest absolute Gasteiger partial charge is 0.310 e. The van der Waals surface area contributed by atoms with Gasteiger partial charge in [-0.15, -0.1) is 0 Å². The molecule has 1 aromatic heterocycles. The van der Waals surface area contributed by atoms with Crippen molar-refractivity contribution in [2.24, 2.45) is 7.05 Å². The van der Waals surface area contributed by atoms with Gasteiger partial charge in [-0.2, -0.15) is 5.10 Å². The van der Waals surface area contributed by atoms with Crippen LogP contribution in [0.4, 0.5) is 0 Å². The van der Waals surface area contributed by atoms with E-state index in [0.717, 1.165) is 11.3 Å². The van der Waals surface area contributed by atoms with Crippen LogP contribution >= 0.6 is 0 Å². The predicted octanol–water partition coefficient (Wildman–Crippen LogP) is 1.57. The van der Waals surface area contributed by atoms with Crippen molar-refractivity contribution in [1.82, 2.24) is 15.1 Å². The SMILES string of the molecule is C=C(C)C(NC)c1cn(C)nc1C. The van der Waals surface area contributed by atoms with Gasteiger partial charge in [-0.05, 0) is 20.9 Å². The normalized spacial score (nSPS) is 12.9. The smallest absolute Gasteiger partial charge is 0.0644 e. The predicted molar refractivity (Wildman–Crippen MR) is 54.6 cm³/mol. The molecule has 3 heteroatoms. The monoisotopic (exact) mass is 179 g/mol. The summed E-state index contributed by atoms with van der Waals surface area (Å²) in [5, 5.41) is 7.52. The highest BCUT2D eigenvalue weighted by Gasteiger charge is 2.14. The fourth-order valence-corrected chi connectivity index (χ4v) is 1.57. The molecule has 0 spiro atoms. The maximum Gasteiger partial charge on any atom is 0.0644 e. The number of nitrogens with zero attached hydrogens (tertiary/aromatic N) is 2. The van der Waals surface area contributed by atoms with Crippen LogP contribution in [0.3, 0.4) is 0 Å². The maximum absolute atomic E-state index is 4.30. The molecule has 1 rings (SSSR count). The molecular weight excluding hydrogens is 162 g/mol. The van der Waals surface area contributed by atoms with E-state index in [9.17, 15) is 0 Å². The Morgan fingerprint density at radius 3 is 2.62 bits per heavy atom. The van der Waals surface area contributed by atoms with E-state index in [1.54, 1.807) is 0 Å². The number of hydrogen-bond acceptors (Lipinski definition) is 2. The molecule has 0 aromatic carbocycles. The first kappa shape index (κ1) is 9.99. The van der Waals surface area contributed by atoms with Crippen LogP contribution in [-0.4, -0.2) is 16.8 Å². The second kappa shape index (κ2) is 3.75. The summed E-state index contributed by atoms with van der Waals surface area (Å²) in [7, 11) is 3.87. The van der Waals surface area contributed by atoms with E-state index in [-0.39, 0.29) is 6.04 Å². The Labute approximate surface area is 79.5 Å². The molecule has 0 bridgehead atoms. The lowest BCUT2D eigenvalue weighted by molar-refractivity contribution is 0.675. The van der Waals surface area contributed by atoms with Crippen LogP contribution in [0.25, 0.3) is 0 Å². The third kappa shape index (κ3) is 1.98. The van der Waals surface area contributed by atoms with Crippen LogP contribution in [0.15, 0.2) is 18.3 Å². The third-order valence-corrected chi connectivity index (χ3v) is 2.14. The second-order valence-corrected chi connectivity index (χ2v) is 3.41. The topological polar surface area (TPSA) is 29.9 Å². The first-order valence-corrected chi connectivity index (χ1v) is 4.39. The standard InChI is InChI=1S/C10H17N3/c1-7(2)10(11-4)9-6-13(5)12-8(9)3/h6,10-11H,1H2,2-5H3. The van der Waals surface area contributed by atoms with E-state index in [0.29, 0.717) is 0 Å². The summed E-state index contributed by atoms with van der Waals surface area (Å²) < 4.78 is 1.83. The minimum Gasteiger partial charge on any atom is -0.310 e. The Morgan fingerprint density at radius 2 is 2.31 bits per heavy atom. The second-order valence-electron chi connectivity index (χ2n) is 3.41.